The van der Waals surface area contributed by atoms with E-state index in [-0.39, 0.29) is 17.9 Å². The average Bonchev–Trinajstić information content (AvgIpc) is 2.72. The van der Waals surface area contributed by atoms with Crippen LogP contribution in [0.4, 0.5) is 0 Å². The number of rotatable bonds is 9. The molecule has 0 bridgehead atoms. The first-order valence-corrected chi connectivity index (χ1v) is 9.01. The van der Waals surface area contributed by atoms with E-state index >= 15 is 0 Å². The van der Waals surface area contributed by atoms with Gasteiger partial charge in [0.1, 0.15) is 5.75 Å². The molecule has 2 aromatic rings. The van der Waals surface area contributed by atoms with Crippen LogP contribution in [-0.2, 0) is 27.1 Å². The highest BCUT2D eigenvalue weighted by atomic mass is 16.7. The molecule has 0 aliphatic rings. The Kier molecular flexibility index (Phi) is 8.02. The summed E-state index contributed by atoms with van der Waals surface area (Å²) in [5.74, 6) is -0.297. The zero-order chi connectivity index (χ0) is 20.5. The zero-order valence-corrected chi connectivity index (χ0v) is 16.7. The molecule has 0 aliphatic heterocycles. The molecule has 0 spiro atoms. The van der Waals surface area contributed by atoms with Crippen molar-refractivity contribution in [3.8, 4) is 5.75 Å². The van der Waals surface area contributed by atoms with Crippen molar-refractivity contribution in [3.05, 3.63) is 64.2 Å². The minimum atomic E-state index is -0.557. The number of ether oxygens (including phenoxy) is 4. The summed E-state index contributed by atoms with van der Waals surface area (Å²) in [6, 6.07) is 11.2. The van der Waals surface area contributed by atoms with Gasteiger partial charge in [-0.1, -0.05) is 18.2 Å². The molecule has 0 unspecified atom stereocenters. The lowest BCUT2D eigenvalue weighted by atomic mass is 9.98. The largest absolute Gasteiger partial charge is 0.467 e. The Hall–Kier alpha value is -2.86. The summed E-state index contributed by atoms with van der Waals surface area (Å²) in [6.07, 6.45) is 2.56. The van der Waals surface area contributed by atoms with Crippen molar-refractivity contribution in [1.29, 1.82) is 0 Å². The number of carbonyl (C=O) groups is 2. The lowest BCUT2D eigenvalue weighted by Gasteiger charge is -2.11. The summed E-state index contributed by atoms with van der Waals surface area (Å²) in [7, 11) is 4.16. The molecule has 0 amide bonds. The molecule has 150 valence electrons. The summed E-state index contributed by atoms with van der Waals surface area (Å²) < 4.78 is 19.9. The fraction of sp³-hybridized carbons (Fsp3) is 0.364. The Balaban J connectivity index is 2.03. The van der Waals surface area contributed by atoms with Crippen molar-refractivity contribution in [3.63, 3.8) is 0 Å². The topological polar surface area (TPSA) is 71.1 Å². The highest BCUT2D eigenvalue weighted by Crippen LogP contribution is 2.21. The molecule has 6 heteroatoms. The Morgan fingerprint density at radius 2 is 1.43 bits per heavy atom. The fourth-order valence-electron chi connectivity index (χ4n) is 2.96. The molecular weight excluding hydrogens is 360 g/mol. The summed E-state index contributed by atoms with van der Waals surface area (Å²) in [5, 5.41) is 0. The molecule has 0 aliphatic carbocycles. The second-order valence-electron chi connectivity index (χ2n) is 6.37. The molecule has 0 fully saturated rings. The number of aryl methyl sites for hydroxylation is 3. The van der Waals surface area contributed by atoms with Crippen LogP contribution in [0, 0.1) is 6.92 Å². The highest BCUT2D eigenvalue weighted by Gasteiger charge is 2.18. The van der Waals surface area contributed by atoms with Gasteiger partial charge in [0.2, 0.25) is 0 Å². The van der Waals surface area contributed by atoms with Crippen LogP contribution in [-0.4, -0.2) is 40.1 Å². The van der Waals surface area contributed by atoms with Crippen molar-refractivity contribution in [2.45, 2.75) is 26.2 Å². The van der Waals surface area contributed by atoms with Gasteiger partial charge in [-0.05, 0) is 61.1 Å². The maximum Gasteiger partial charge on any atom is 0.338 e. The smallest absolute Gasteiger partial charge is 0.338 e. The maximum atomic E-state index is 12.0. The van der Waals surface area contributed by atoms with E-state index in [4.69, 9.17) is 18.9 Å². The quantitative estimate of drug-likeness (QED) is 0.483. The molecule has 0 radical (unpaired) electrons. The van der Waals surface area contributed by atoms with Crippen molar-refractivity contribution < 1.29 is 28.5 Å². The number of carbonyl (C=O) groups excluding carboxylic acids is 2. The van der Waals surface area contributed by atoms with E-state index in [1.54, 1.807) is 19.2 Å². The van der Waals surface area contributed by atoms with E-state index in [1.807, 2.05) is 25.1 Å². The first-order valence-electron chi connectivity index (χ1n) is 9.01. The average molecular weight is 386 g/mol. The molecule has 0 saturated heterocycles. The molecule has 0 N–H and O–H groups in total. The van der Waals surface area contributed by atoms with Crippen LogP contribution >= 0.6 is 0 Å². The van der Waals surface area contributed by atoms with Crippen LogP contribution in [0.3, 0.4) is 0 Å². The zero-order valence-electron chi connectivity index (χ0n) is 16.7. The maximum absolute atomic E-state index is 12.0. The summed E-state index contributed by atoms with van der Waals surface area (Å²) >= 11 is 0. The minimum absolute atomic E-state index is 0.209. The summed E-state index contributed by atoms with van der Waals surface area (Å²) in [6.45, 7) is 2.23. The Bertz CT molecular complexity index is 828. The first-order chi connectivity index (χ1) is 13.5. The normalized spacial score (nSPS) is 10.4. The van der Waals surface area contributed by atoms with Gasteiger partial charge in [0.25, 0.3) is 0 Å². The monoisotopic (exact) mass is 386 g/mol. The number of hydrogen-bond donors (Lipinski definition) is 0. The number of benzene rings is 2. The van der Waals surface area contributed by atoms with E-state index in [0.29, 0.717) is 0 Å². The lowest BCUT2D eigenvalue weighted by molar-refractivity contribution is 0.0506. The fourth-order valence-corrected chi connectivity index (χ4v) is 2.96. The van der Waals surface area contributed by atoms with Crippen molar-refractivity contribution in [2.24, 2.45) is 0 Å². The van der Waals surface area contributed by atoms with Crippen molar-refractivity contribution in [2.75, 3.05) is 28.1 Å². The van der Waals surface area contributed by atoms with Crippen LogP contribution in [0.25, 0.3) is 0 Å². The molecule has 0 aromatic heterocycles. The number of esters is 2. The van der Waals surface area contributed by atoms with E-state index in [0.717, 1.165) is 36.1 Å². The number of methoxy groups -OCH3 is 3. The van der Waals surface area contributed by atoms with Gasteiger partial charge in [0, 0.05) is 7.11 Å². The Labute approximate surface area is 165 Å². The van der Waals surface area contributed by atoms with Crippen LogP contribution in [0.5, 0.6) is 5.75 Å². The van der Waals surface area contributed by atoms with Crippen LogP contribution in [0.2, 0.25) is 0 Å². The first kappa shape index (κ1) is 21.4. The predicted octanol–water partition coefficient (Wildman–Crippen LogP) is 3.73. The predicted molar refractivity (Wildman–Crippen MR) is 105 cm³/mol. The lowest BCUT2D eigenvalue weighted by Crippen LogP contribution is -2.12. The Morgan fingerprint density at radius 3 is 2.04 bits per heavy atom. The molecule has 6 nitrogen and oxygen atoms in total. The van der Waals surface area contributed by atoms with Crippen LogP contribution in [0.1, 0.15) is 43.8 Å². The summed E-state index contributed by atoms with van der Waals surface area (Å²) in [4.78, 5) is 23.8. The number of hydrogen-bond acceptors (Lipinski definition) is 6. The Morgan fingerprint density at radius 1 is 0.821 bits per heavy atom. The van der Waals surface area contributed by atoms with E-state index in [9.17, 15) is 9.59 Å². The van der Waals surface area contributed by atoms with Gasteiger partial charge in [0.05, 0.1) is 25.3 Å². The highest BCUT2D eigenvalue weighted by molar-refractivity contribution is 6.03. The second kappa shape index (κ2) is 10.5. The van der Waals surface area contributed by atoms with Gasteiger partial charge in [-0.3, -0.25) is 0 Å². The van der Waals surface area contributed by atoms with Crippen molar-refractivity contribution in [1.82, 2.24) is 0 Å². The third-order valence-corrected chi connectivity index (χ3v) is 4.40. The third-order valence-electron chi connectivity index (χ3n) is 4.40. The van der Waals surface area contributed by atoms with Gasteiger partial charge in [-0.2, -0.15) is 0 Å². The SMILES string of the molecule is COCOc1ccc(CCCc2ccc(C(=O)OC)c(C(=O)OC)c2)cc1C. The summed E-state index contributed by atoms with van der Waals surface area (Å²) in [5.41, 5.74) is 3.67. The molecular formula is C22H26O6. The van der Waals surface area contributed by atoms with Gasteiger partial charge < -0.3 is 18.9 Å². The van der Waals surface area contributed by atoms with Crippen LogP contribution in [0.15, 0.2) is 36.4 Å². The molecule has 0 saturated carbocycles. The third kappa shape index (κ3) is 5.57. The van der Waals surface area contributed by atoms with Gasteiger partial charge in [-0.25, -0.2) is 9.59 Å². The molecule has 28 heavy (non-hydrogen) atoms. The second-order valence-corrected chi connectivity index (χ2v) is 6.37. The van der Waals surface area contributed by atoms with E-state index < -0.39 is 11.9 Å². The van der Waals surface area contributed by atoms with Gasteiger partial charge in [-0.15, -0.1) is 0 Å². The molecule has 2 aromatic carbocycles. The minimum Gasteiger partial charge on any atom is -0.467 e. The molecule has 2 rings (SSSR count). The van der Waals surface area contributed by atoms with E-state index in [2.05, 4.69) is 6.07 Å². The standard InChI is InChI=1S/C22H26O6/c1-15-12-16(9-11-20(15)28-14-25-2)6-5-7-17-8-10-18(21(23)26-3)19(13-17)22(24)27-4/h8-13H,5-7,14H2,1-4H3. The van der Waals surface area contributed by atoms with Gasteiger partial charge in [0.15, 0.2) is 6.79 Å². The molecule has 0 heterocycles. The van der Waals surface area contributed by atoms with Gasteiger partial charge >= 0.3 is 11.9 Å². The molecule has 0 atom stereocenters. The van der Waals surface area contributed by atoms with E-state index in [1.165, 1.54) is 19.8 Å². The van der Waals surface area contributed by atoms with Crippen LogP contribution < -0.4 is 4.74 Å². The van der Waals surface area contributed by atoms with Crippen molar-refractivity contribution >= 4 is 11.9 Å².